The Morgan fingerprint density at radius 3 is 2.85 bits per heavy atom. The summed E-state index contributed by atoms with van der Waals surface area (Å²) in [5.41, 5.74) is 1.12. The van der Waals surface area contributed by atoms with Gasteiger partial charge in [0, 0.05) is 11.9 Å². The molecule has 0 fully saturated rings. The number of nitrogens with one attached hydrogen (secondary N) is 1. The largest absolute Gasteiger partial charge is 0.365 e. The highest BCUT2D eigenvalue weighted by Crippen LogP contribution is 2.32. The van der Waals surface area contributed by atoms with Crippen LogP contribution in [-0.2, 0) is 0 Å². The molecule has 4 heteroatoms. The van der Waals surface area contributed by atoms with E-state index in [9.17, 15) is 0 Å². The molecule has 0 bridgehead atoms. The third-order valence-corrected chi connectivity index (χ3v) is 3.63. The number of rotatable bonds is 2. The molecule has 0 saturated carbocycles. The zero-order chi connectivity index (χ0) is 9.26. The average Bonchev–Trinajstić information content (AvgIpc) is 2.72. The molecule has 2 nitrogen and oxygen atoms in total. The summed E-state index contributed by atoms with van der Waals surface area (Å²) in [7, 11) is 1.90. The van der Waals surface area contributed by atoms with Crippen molar-refractivity contribution in [1.29, 1.82) is 0 Å². The van der Waals surface area contributed by atoms with Gasteiger partial charge in [0.1, 0.15) is 0 Å². The lowest BCUT2D eigenvalue weighted by Gasteiger charge is -1.90. The van der Waals surface area contributed by atoms with Gasteiger partial charge in [-0.15, -0.1) is 22.7 Å². The summed E-state index contributed by atoms with van der Waals surface area (Å²) in [6.45, 7) is 2.10. The quantitative estimate of drug-likeness (QED) is 0.823. The van der Waals surface area contributed by atoms with Gasteiger partial charge in [0.05, 0.1) is 10.6 Å². The second kappa shape index (κ2) is 3.47. The third kappa shape index (κ3) is 1.59. The van der Waals surface area contributed by atoms with Crippen LogP contribution in [0.4, 0.5) is 5.13 Å². The van der Waals surface area contributed by atoms with Crippen LogP contribution in [-0.4, -0.2) is 12.0 Å². The first-order valence-electron chi connectivity index (χ1n) is 4.00. The van der Waals surface area contributed by atoms with Gasteiger partial charge in [0.2, 0.25) is 0 Å². The van der Waals surface area contributed by atoms with Crippen LogP contribution in [0.25, 0.3) is 10.6 Å². The van der Waals surface area contributed by atoms with Crippen LogP contribution in [0, 0.1) is 6.92 Å². The van der Waals surface area contributed by atoms with E-state index in [0.29, 0.717) is 0 Å². The van der Waals surface area contributed by atoms with Crippen LogP contribution in [0.2, 0.25) is 0 Å². The van der Waals surface area contributed by atoms with Crippen molar-refractivity contribution in [2.24, 2.45) is 0 Å². The zero-order valence-corrected chi connectivity index (χ0v) is 9.13. The third-order valence-electron chi connectivity index (χ3n) is 1.77. The number of thiophene rings is 1. The average molecular weight is 210 g/mol. The maximum absolute atomic E-state index is 4.49. The second-order valence-electron chi connectivity index (χ2n) is 2.65. The molecule has 0 aliphatic rings. The van der Waals surface area contributed by atoms with Gasteiger partial charge < -0.3 is 5.32 Å². The van der Waals surface area contributed by atoms with Crippen LogP contribution >= 0.6 is 22.7 Å². The van der Waals surface area contributed by atoms with Gasteiger partial charge in [0.25, 0.3) is 0 Å². The van der Waals surface area contributed by atoms with Gasteiger partial charge in [-0.05, 0) is 18.4 Å². The molecule has 0 radical (unpaired) electrons. The highest BCUT2D eigenvalue weighted by Gasteiger charge is 2.08. The molecular weight excluding hydrogens is 200 g/mol. The van der Waals surface area contributed by atoms with E-state index in [4.69, 9.17) is 0 Å². The predicted octanol–water partition coefficient (Wildman–Crippen LogP) is 3.22. The van der Waals surface area contributed by atoms with Crippen molar-refractivity contribution in [1.82, 2.24) is 4.98 Å². The van der Waals surface area contributed by atoms with E-state index < -0.39 is 0 Å². The monoisotopic (exact) mass is 210 g/mol. The number of anilines is 1. The first-order valence-corrected chi connectivity index (χ1v) is 5.70. The first-order chi connectivity index (χ1) is 6.31. The summed E-state index contributed by atoms with van der Waals surface area (Å²) in [5.74, 6) is 0. The number of nitrogens with zero attached hydrogens (tertiary/aromatic N) is 1. The van der Waals surface area contributed by atoms with Gasteiger partial charge in [-0.1, -0.05) is 6.07 Å². The lowest BCUT2D eigenvalue weighted by molar-refractivity contribution is 1.35. The topological polar surface area (TPSA) is 24.9 Å². The number of aryl methyl sites for hydroxylation is 1. The first kappa shape index (κ1) is 8.72. The van der Waals surface area contributed by atoms with Crippen molar-refractivity contribution in [3.05, 3.63) is 22.4 Å². The van der Waals surface area contributed by atoms with E-state index in [2.05, 4.69) is 34.7 Å². The van der Waals surface area contributed by atoms with E-state index in [-0.39, 0.29) is 0 Å². The fourth-order valence-corrected chi connectivity index (χ4v) is 2.76. The molecule has 0 spiro atoms. The number of hydrogen-bond acceptors (Lipinski definition) is 4. The molecule has 13 heavy (non-hydrogen) atoms. The van der Waals surface area contributed by atoms with Crippen LogP contribution < -0.4 is 5.32 Å². The van der Waals surface area contributed by atoms with E-state index >= 15 is 0 Å². The molecule has 2 rings (SSSR count). The summed E-state index contributed by atoms with van der Waals surface area (Å²) >= 11 is 3.43. The summed E-state index contributed by atoms with van der Waals surface area (Å²) in [5, 5.41) is 6.13. The molecule has 0 aliphatic carbocycles. The van der Waals surface area contributed by atoms with E-state index in [1.807, 2.05) is 7.05 Å². The Hall–Kier alpha value is -0.870. The fourth-order valence-electron chi connectivity index (χ4n) is 1.15. The Bertz CT molecular complexity index is 390. The normalized spacial score (nSPS) is 10.3. The summed E-state index contributed by atoms with van der Waals surface area (Å²) < 4.78 is 0. The number of hydrogen-bond donors (Lipinski definition) is 1. The minimum atomic E-state index is 0.987. The van der Waals surface area contributed by atoms with Gasteiger partial charge in [-0.2, -0.15) is 0 Å². The zero-order valence-electron chi connectivity index (χ0n) is 7.50. The Balaban J connectivity index is 2.46. The summed E-state index contributed by atoms with van der Waals surface area (Å²) in [4.78, 5) is 7.00. The smallest absolute Gasteiger partial charge is 0.183 e. The molecule has 0 aliphatic heterocycles. The Labute approximate surface area is 85.3 Å². The van der Waals surface area contributed by atoms with Crippen molar-refractivity contribution >= 4 is 27.8 Å². The fraction of sp³-hybridized carbons (Fsp3) is 0.222. The lowest BCUT2D eigenvalue weighted by Crippen LogP contribution is -1.85. The molecule has 0 unspecified atom stereocenters. The second-order valence-corrected chi connectivity index (χ2v) is 4.80. The molecule has 0 saturated heterocycles. The highest BCUT2D eigenvalue weighted by atomic mass is 32.1. The van der Waals surface area contributed by atoms with Crippen LogP contribution in [0.1, 0.15) is 4.88 Å². The maximum atomic E-state index is 4.49. The Morgan fingerprint density at radius 2 is 2.31 bits per heavy atom. The molecule has 2 aromatic heterocycles. The van der Waals surface area contributed by atoms with Crippen molar-refractivity contribution in [3.8, 4) is 10.6 Å². The van der Waals surface area contributed by atoms with Gasteiger partial charge in [-0.3, -0.25) is 0 Å². The van der Waals surface area contributed by atoms with Crippen molar-refractivity contribution in [2.75, 3.05) is 12.4 Å². The SMILES string of the molecule is CNc1nc(-c2cccs2)c(C)s1. The lowest BCUT2D eigenvalue weighted by atomic mass is 10.3. The van der Waals surface area contributed by atoms with Crippen molar-refractivity contribution in [2.45, 2.75) is 6.92 Å². The Kier molecular flexibility index (Phi) is 2.33. The molecule has 2 heterocycles. The maximum Gasteiger partial charge on any atom is 0.183 e. The van der Waals surface area contributed by atoms with Gasteiger partial charge >= 0.3 is 0 Å². The standard InChI is InChI=1S/C9H10N2S2/c1-6-8(7-4-3-5-12-7)11-9(10-2)13-6/h3-5H,1-2H3,(H,10,11). The highest BCUT2D eigenvalue weighted by molar-refractivity contribution is 7.17. The molecule has 1 N–H and O–H groups in total. The van der Waals surface area contributed by atoms with E-state index in [1.54, 1.807) is 22.7 Å². The Morgan fingerprint density at radius 1 is 1.46 bits per heavy atom. The minimum absolute atomic E-state index is 0.987. The number of aromatic nitrogens is 1. The molecule has 0 aromatic carbocycles. The predicted molar refractivity (Wildman–Crippen MR) is 59.7 cm³/mol. The van der Waals surface area contributed by atoms with E-state index in [1.165, 1.54) is 9.75 Å². The molecule has 2 aromatic rings. The molecular formula is C9H10N2S2. The summed E-state index contributed by atoms with van der Waals surface area (Å²) in [6, 6.07) is 4.16. The number of thiazole rings is 1. The van der Waals surface area contributed by atoms with Crippen molar-refractivity contribution in [3.63, 3.8) is 0 Å². The van der Waals surface area contributed by atoms with Crippen molar-refractivity contribution < 1.29 is 0 Å². The van der Waals surface area contributed by atoms with E-state index in [0.717, 1.165) is 10.8 Å². The molecule has 68 valence electrons. The van der Waals surface area contributed by atoms with Gasteiger partial charge in [-0.25, -0.2) is 4.98 Å². The molecule has 0 atom stereocenters. The van der Waals surface area contributed by atoms with Crippen LogP contribution in [0.15, 0.2) is 17.5 Å². The molecule has 0 amide bonds. The summed E-state index contributed by atoms with van der Waals surface area (Å²) in [6.07, 6.45) is 0. The minimum Gasteiger partial charge on any atom is -0.365 e. The van der Waals surface area contributed by atoms with Crippen LogP contribution in [0.3, 0.4) is 0 Å². The van der Waals surface area contributed by atoms with Crippen LogP contribution in [0.5, 0.6) is 0 Å². The van der Waals surface area contributed by atoms with Gasteiger partial charge in [0.15, 0.2) is 5.13 Å².